The molecule has 0 amide bonds. The molecule has 2 atom stereocenters. The summed E-state index contributed by atoms with van der Waals surface area (Å²) in [6, 6.07) is 0. The Labute approximate surface area is 108 Å². The van der Waals surface area contributed by atoms with Crippen molar-refractivity contribution < 1.29 is 19.1 Å². The van der Waals surface area contributed by atoms with Crippen molar-refractivity contribution in [2.45, 2.75) is 40.7 Å². The molecule has 0 bridgehead atoms. The van der Waals surface area contributed by atoms with Crippen molar-refractivity contribution in [3.63, 3.8) is 0 Å². The van der Waals surface area contributed by atoms with Gasteiger partial charge >= 0.3 is 11.9 Å². The van der Waals surface area contributed by atoms with E-state index >= 15 is 0 Å². The van der Waals surface area contributed by atoms with Crippen molar-refractivity contribution in [2.75, 3.05) is 7.11 Å². The van der Waals surface area contributed by atoms with Crippen LogP contribution in [0.4, 0.5) is 0 Å². The van der Waals surface area contributed by atoms with Gasteiger partial charge in [0.1, 0.15) is 0 Å². The zero-order valence-electron chi connectivity index (χ0n) is 11.9. The Bertz CT molecular complexity index is 379. The molecule has 0 spiro atoms. The number of rotatable bonds is 4. The van der Waals surface area contributed by atoms with Gasteiger partial charge in [0.15, 0.2) is 0 Å². The van der Waals surface area contributed by atoms with E-state index in [1.165, 1.54) is 7.11 Å². The van der Waals surface area contributed by atoms with E-state index in [0.717, 1.165) is 0 Å². The van der Waals surface area contributed by atoms with Crippen LogP contribution in [0.2, 0.25) is 0 Å². The fraction of sp³-hybridized carbons (Fsp3) is 0.714. The first-order valence-electron chi connectivity index (χ1n) is 6.19. The van der Waals surface area contributed by atoms with Gasteiger partial charge in [-0.3, -0.25) is 4.79 Å². The molecule has 102 valence electrons. The first-order chi connectivity index (χ1) is 8.21. The molecule has 0 N–H and O–H groups in total. The van der Waals surface area contributed by atoms with Crippen LogP contribution in [0.5, 0.6) is 0 Å². The van der Waals surface area contributed by atoms with E-state index in [1.54, 1.807) is 6.92 Å². The van der Waals surface area contributed by atoms with Gasteiger partial charge in [-0.1, -0.05) is 19.9 Å². The average Bonchev–Trinajstić information content (AvgIpc) is 2.78. The van der Waals surface area contributed by atoms with E-state index in [4.69, 9.17) is 4.74 Å². The second-order valence-corrected chi connectivity index (χ2v) is 5.65. The molecule has 4 heteroatoms. The predicted octanol–water partition coefficient (Wildman–Crippen LogP) is 2.33. The Kier molecular flexibility index (Phi) is 4.20. The second-order valence-electron chi connectivity index (χ2n) is 5.65. The first kappa shape index (κ1) is 14.7. The topological polar surface area (TPSA) is 52.6 Å². The van der Waals surface area contributed by atoms with Gasteiger partial charge in [-0.15, -0.1) is 0 Å². The Balaban J connectivity index is 2.75. The molecule has 1 aliphatic rings. The fourth-order valence-corrected chi connectivity index (χ4v) is 2.24. The van der Waals surface area contributed by atoms with Crippen molar-refractivity contribution in [1.82, 2.24) is 0 Å². The van der Waals surface area contributed by atoms with Crippen molar-refractivity contribution >= 4 is 11.9 Å². The highest BCUT2D eigenvalue weighted by molar-refractivity contribution is 5.88. The van der Waals surface area contributed by atoms with Gasteiger partial charge in [0.25, 0.3) is 0 Å². The average molecular weight is 254 g/mol. The molecule has 1 aliphatic carbocycles. The summed E-state index contributed by atoms with van der Waals surface area (Å²) in [7, 11) is 1.35. The zero-order valence-corrected chi connectivity index (χ0v) is 11.9. The highest BCUT2D eigenvalue weighted by atomic mass is 16.5. The summed E-state index contributed by atoms with van der Waals surface area (Å²) >= 11 is 0. The number of allylic oxidation sites excluding steroid dienone is 1. The SMILES string of the molecule is COC(=O)/C(C)=C/C1C(C(=O)OC(C)C)C1(C)C. The summed E-state index contributed by atoms with van der Waals surface area (Å²) < 4.78 is 9.87. The Hall–Kier alpha value is -1.32. The van der Waals surface area contributed by atoms with Crippen LogP contribution in [0.3, 0.4) is 0 Å². The van der Waals surface area contributed by atoms with E-state index in [2.05, 4.69) is 4.74 Å². The third-order valence-electron chi connectivity index (χ3n) is 3.45. The van der Waals surface area contributed by atoms with E-state index < -0.39 is 0 Å². The molecule has 0 radical (unpaired) electrons. The lowest BCUT2D eigenvalue weighted by molar-refractivity contribution is -0.150. The number of carbonyl (C=O) groups excluding carboxylic acids is 2. The van der Waals surface area contributed by atoms with Gasteiger partial charge < -0.3 is 9.47 Å². The van der Waals surface area contributed by atoms with Crippen molar-refractivity contribution in [1.29, 1.82) is 0 Å². The summed E-state index contributed by atoms with van der Waals surface area (Å²) in [5, 5.41) is 0. The molecular weight excluding hydrogens is 232 g/mol. The highest BCUT2D eigenvalue weighted by Gasteiger charge is 2.61. The van der Waals surface area contributed by atoms with Crippen LogP contribution >= 0.6 is 0 Å². The molecule has 1 saturated carbocycles. The predicted molar refractivity (Wildman–Crippen MR) is 67.8 cm³/mol. The second kappa shape index (κ2) is 5.12. The largest absolute Gasteiger partial charge is 0.466 e. The van der Waals surface area contributed by atoms with Crippen LogP contribution in [0.1, 0.15) is 34.6 Å². The van der Waals surface area contributed by atoms with Crippen molar-refractivity contribution in [3.05, 3.63) is 11.6 Å². The monoisotopic (exact) mass is 254 g/mol. The van der Waals surface area contributed by atoms with Gasteiger partial charge in [-0.2, -0.15) is 0 Å². The van der Waals surface area contributed by atoms with E-state index in [0.29, 0.717) is 5.57 Å². The minimum absolute atomic E-state index is 0.0443. The van der Waals surface area contributed by atoms with Gasteiger partial charge in [0.2, 0.25) is 0 Å². The van der Waals surface area contributed by atoms with Gasteiger partial charge in [0, 0.05) is 5.57 Å². The normalized spacial score (nSPS) is 25.8. The summed E-state index contributed by atoms with van der Waals surface area (Å²) in [6.07, 6.45) is 1.71. The number of ether oxygens (including phenoxy) is 2. The summed E-state index contributed by atoms with van der Waals surface area (Å²) in [6.45, 7) is 9.37. The Morgan fingerprint density at radius 2 is 1.83 bits per heavy atom. The third kappa shape index (κ3) is 2.92. The van der Waals surface area contributed by atoms with Gasteiger partial charge in [-0.25, -0.2) is 4.79 Å². The lowest BCUT2D eigenvalue weighted by Gasteiger charge is -2.08. The lowest BCUT2D eigenvalue weighted by atomic mass is 10.1. The standard InChI is InChI=1S/C14H22O4/c1-8(2)18-13(16)11-10(14(11,4)5)7-9(3)12(15)17-6/h7-8,10-11H,1-6H3/b9-7+. The Morgan fingerprint density at radius 3 is 2.28 bits per heavy atom. The molecule has 0 aromatic carbocycles. The smallest absolute Gasteiger partial charge is 0.333 e. The molecule has 18 heavy (non-hydrogen) atoms. The molecular formula is C14H22O4. The molecule has 1 rings (SSSR count). The minimum Gasteiger partial charge on any atom is -0.466 e. The van der Waals surface area contributed by atoms with E-state index in [9.17, 15) is 9.59 Å². The van der Waals surface area contributed by atoms with Crippen molar-refractivity contribution in [3.8, 4) is 0 Å². The molecule has 0 heterocycles. The van der Waals surface area contributed by atoms with Crippen LogP contribution in [0, 0.1) is 17.3 Å². The van der Waals surface area contributed by atoms with Gasteiger partial charge in [-0.05, 0) is 32.1 Å². The van der Waals surface area contributed by atoms with Crippen LogP contribution < -0.4 is 0 Å². The molecule has 0 saturated heterocycles. The maximum atomic E-state index is 11.9. The van der Waals surface area contributed by atoms with Crippen LogP contribution in [0.25, 0.3) is 0 Å². The quantitative estimate of drug-likeness (QED) is 0.570. The minimum atomic E-state index is -0.353. The number of hydrogen-bond donors (Lipinski definition) is 0. The van der Waals surface area contributed by atoms with Crippen LogP contribution in [-0.4, -0.2) is 25.2 Å². The molecule has 0 aliphatic heterocycles. The first-order valence-corrected chi connectivity index (χ1v) is 6.19. The maximum Gasteiger partial charge on any atom is 0.333 e. The summed E-state index contributed by atoms with van der Waals surface area (Å²) in [4.78, 5) is 23.2. The number of hydrogen-bond acceptors (Lipinski definition) is 4. The third-order valence-corrected chi connectivity index (χ3v) is 3.45. The molecule has 0 aromatic heterocycles. The Morgan fingerprint density at radius 1 is 1.28 bits per heavy atom. The maximum absolute atomic E-state index is 11.9. The number of methoxy groups -OCH3 is 1. The van der Waals surface area contributed by atoms with Crippen molar-refractivity contribution in [2.24, 2.45) is 17.3 Å². The fourth-order valence-electron chi connectivity index (χ4n) is 2.24. The van der Waals surface area contributed by atoms with Crippen LogP contribution in [-0.2, 0) is 19.1 Å². The van der Waals surface area contributed by atoms with Gasteiger partial charge in [0.05, 0.1) is 19.1 Å². The molecule has 0 aromatic rings. The number of esters is 2. The molecule has 4 nitrogen and oxygen atoms in total. The molecule has 1 fully saturated rings. The lowest BCUT2D eigenvalue weighted by Crippen LogP contribution is -2.15. The van der Waals surface area contributed by atoms with E-state index in [1.807, 2.05) is 33.8 Å². The summed E-state index contributed by atoms with van der Waals surface area (Å²) in [5.41, 5.74) is 0.386. The molecule has 2 unspecified atom stereocenters. The van der Waals surface area contributed by atoms with E-state index in [-0.39, 0.29) is 35.3 Å². The zero-order chi connectivity index (χ0) is 14.1. The van der Waals surface area contributed by atoms with Crippen LogP contribution in [0.15, 0.2) is 11.6 Å². The summed E-state index contributed by atoms with van der Waals surface area (Å²) in [5.74, 6) is -0.662. The number of carbonyl (C=O) groups is 2. The highest BCUT2D eigenvalue weighted by Crippen LogP contribution is 2.59.